The minimum absolute atomic E-state index is 0.344. The van der Waals surface area contributed by atoms with Crippen LogP contribution >= 0.6 is 0 Å². The molecule has 4 nitrogen and oxygen atoms in total. The van der Waals surface area contributed by atoms with Crippen LogP contribution < -0.4 is 5.32 Å². The molecule has 2 N–H and O–H groups in total. The summed E-state index contributed by atoms with van der Waals surface area (Å²) < 4.78 is 11.3. The fraction of sp³-hybridized carbons (Fsp3) is 1.00. The second-order valence-corrected chi connectivity index (χ2v) is 5.07. The van der Waals surface area contributed by atoms with Gasteiger partial charge in [-0.25, -0.2) is 0 Å². The van der Waals surface area contributed by atoms with Gasteiger partial charge in [-0.2, -0.15) is 0 Å². The van der Waals surface area contributed by atoms with Crippen LogP contribution in [0.3, 0.4) is 0 Å². The molecule has 0 bridgehead atoms. The molecular weight excluding hydrogens is 194 g/mol. The summed E-state index contributed by atoms with van der Waals surface area (Å²) in [5.74, 6) is 0.0971. The molecule has 4 heteroatoms. The highest BCUT2D eigenvalue weighted by molar-refractivity contribution is 4.99. The summed E-state index contributed by atoms with van der Waals surface area (Å²) in [6.45, 7) is 3.35. The fourth-order valence-electron chi connectivity index (χ4n) is 2.93. The van der Waals surface area contributed by atoms with Gasteiger partial charge in [0.1, 0.15) is 0 Å². The Morgan fingerprint density at radius 1 is 1.00 bits per heavy atom. The fourth-order valence-corrected chi connectivity index (χ4v) is 2.93. The van der Waals surface area contributed by atoms with Crippen LogP contribution in [0.15, 0.2) is 0 Å². The van der Waals surface area contributed by atoms with Crippen LogP contribution in [0.25, 0.3) is 0 Å². The van der Waals surface area contributed by atoms with Crippen molar-refractivity contribution >= 4 is 0 Å². The third-order valence-electron chi connectivity index (χ3n) is 4.23. The van der Waals surface area contributed by atoms with Crippen molar-refractivity contribution < 1.29 is 14.6 Å². The Morgan fingerprint density at radius 2 is 1.60 bits per heavy atom. The van der Waals surface area contributed by atoms with Gasteiger partial charge in [0.05, 0.1) is 18.8 Å². The summed E-state index contributed by atoms with van der Waals surface area (Å²) in [4.78, 5) is 0. The zero-order valence-corrected chi connectivity index (χ0v) is 9.00. The standard InChI is InChI=1S/C11H19NO3/c13-10(9-7-12-8-9)1-3-11(4-2-10)14-5-6-15-11/h9,12-13H,1-8H2. The minimum Gasteiger partial charge on any atom is -0.389 e. The minimum atomic E-state index is -0.466. The van der Waals surface area contributed by atoms with Crippen molar-refractivity contribution in [2.75, 3.05) is 26.3 Å². The lowest BCUT2D eigenvalue weighted by atomic mass is 9.71. The molecule has 3 fully saturated rings. The summed E-state index contributed by atoms with van der Waals surface area (Å²) in [7, 11) is 0. The van der Waals surface area contributed by atoms with Crippen molar-refractivity contribution in [2.24, 2.45) is 5.92 Å². The topological polar surface area (TPSA) is 50.7 Å². The van der Waals surface area contributed by atoms with Crippen molar-refractivity contribution in [2.45, 2.75) is 37.1 Å². The molecule has 0 unspecified atom stereocenters. The first kappa shape index (κ1) is 10.0. The SMILES string of the molecule is OC1(C2CNC2)CCC2(CC1)OCCO2. The summed E-state index contributed by atoms with van der Waals surface area (Å²) >= 11 is 0. The van der Waals surface area contributed by atoms with Gasteiger partial charge < -0.3 is 19.9 Å². The molecule has 0 amide bonds. The summed E-state index contributed by atoms with van der Waals surface area (Å²) in [6, 6.07) is 0. The Balaban J connectivity index is 1.63. The molecule has 3 aliphatic rings. The molecule has 2 saturated heterocycles. The van der Waals surface area contributed by atoms with Gasteiger partial charge in [-0.15, -0.1) is 0 Å². The van der Waals surface area contributed by atoms with Crippen LogP contribution in [0.5, 0.6) is 0 Å². The molecule has 1 saturated carbocycles. The quantitative estimate of drug-likeness (QED) is 0.656. The van der Waals surface area contributed by atoms with Gasteiger partial charge in [0.15, 0.2) is 5.79 Å². The Hall–Kier alpha value is -0.160. The summed E-state index contributed by atoms with van der Waals surface area (Å²) in [5.41, 5.74) is -0.466. The first-order valence-corrected chi connectivity index (χ1v) is 5.94. The second-order valence-electron chi connectivity index (χ2n) is 5.07. The van der Waals surface area contributed by atoms with Crippen molar-refractivity contribution in [1.29, 1.82) is 0 Å². The molecule has 0 radical (unpaired) electrons. The maximum Gasteiger partial charge on any atom is 0.168 e. The van der Waals surface area contributed by atoms with Crippen molar-refractivity contribution in [3.8, 4) is 0 Å². The molecule has 0 aromatic rings. The van der Waals surface area contributed by atoms with E-state index in [4.69, 9.17) is 9.47 Å². The lowest BCUT2D eigenvalue weighted by Gasteiger charge is -2.47. The molecule has 2 heterocycles. The molecule has 2 aliphatic heterocycles. The Labute approximate surface area is 89.9 Å². The third-order valence-corrected chi connectivity index (χ3v) is 4.23. The van der Waals surface area contributed by atoms with E-state index in [0.717, 1.165) is 38.8 Å². The van der Waals surface area contributed by atoms with Crippen molar-refractivity contribution in [3.05, 3.63) is 0 Å². The molecule has 86 valence electrons. The van der Waals surface area contributed by atoms with E-state index in [1.807, 2.05) is 0 Å². The summed E-state index contributed by atoms with van der Waals surface area (Å²) in [6.07, 6.45) is 3.33. The van der Waals surface area contributed by atoms with E-state index in [2.05, 4.69) is 5.32 Å². The largest absolute Gasteiger partial charge is 0.389 e. The number of hydrogen-bond donors (Lipinski definition) is 2. The molecule has 1 aliphatic carbocycles. The van der Waals surface area contributed by atoms with Crippen LogP contribution in [0.1, 0.15) is 25.7 Å². The normalized spacial score (nSPS) is 34.2. The molecule has 0 aromatic carbocycles. The Kier molecular flexibility index (Phi) is 2.28. The van der Waals surface area contributed by atoms with Crippen LogP contribution in [0.4, 0.5) is 0 Å². The number of ether oxygens (including phenoxy) is 2. The third kappa shape index (κ3) is 1.60. The predicted octanol–water partition coefficient (Wildman–Crippen LogP) is 0.254. The number of aliphatic hydroxyl groups is 1. The number of nitrogens with one attached hydrogen (secondary N) is 1. The van der Waals surface area contributed by atoms with E-state index in [9.17, 15) is 5.11 Å². The van der Waals surface area contributed by atoms with Gasteiger partial charge in [-0.1, -0.05) is 0 Å². The molecular formula is C11H19NO3. The van der Waals surface area contributed by atoms with Crippen LogP contribution in [0.2, 0.25) is 0 Å². The maximum atomic E-state index is 10.5. The van der Waals surface area contributed by atoms with Crippen LogP contribution in [0, 0.1) is 5.92 Å². The second kappa shape index (κ2) is 3.42. The highest BCUT2D eigenvalue weighted by Gasteiger charge is 2.49. The van der Waals surface area contributed by atoms with E-state index in [0.29, 0.717) is 19.1 Å². The lowest BCUT2D eigenvalue weighted by Crippen LogP contribution is -2.58. The van der Waals surface area contributed by atoms with Gasteiger partial charge in [0.2, 0.25) is 0 Å². The van der Waals surface area contributed by atoms with Gasteiger partial charge in [-0.05, 0) is 12.8 Å². The Morgan fingerprint density at radius 3 is 2.07 bits per heavy atom. The average molecular weight is 213 g/mol. The molecule has 0 atom stereocenters. The zero-order chi connectivity index (χ0) is 10.4. The molecule has 1 spiro atoms. The van der Waals surface area contributed by atoms with Gasteiger partial charge in [0, 0.05) is 31.8 Å². The highest BCUT2D eigenvalue weighted by atomic mass is 16.7. The zero-order valence-electron chi connectivity index (χ0n) is 9.00. The first-order valence-electron chi connectivity index (χ1n) is 5.94. The van der Waals surface area contributed by atoms with Gasteiger partial charge in [0.25, 0.3) is 0 Å². The molecule has 0 aromatic heterocycles. The molecule has 15 heavy (non-hydrogen) atoms. The first-order chi connectivity index (χ1) is 7.23. The van der Waals surface area contributed by atoms with E-state index >= 15 is 0 Å². The van der Waals surface area contributed by atoms with Crippen LogP contribution in [-0.4, -0.2) is 42.8 Å². The van der Waals surface area contributed by atoms with E-state index in [1.165, 1.54) is 0 Å². The van der Waals surface area contributed by atoms with Gasteiger partial charge >= 0.3 is 0 Å². The number of rotatable bonds is 1. The number of hydrogen-bond acceptors (Lipinski definition) is 4. The molecule has 3 rings (SSSR count). The predicted molar refractivity (Wildman–Crippen MR) is 54.4 cm³/mol. The van der Waals surface area contributed by atoms with E-state index < -0.39 is 5.60 Å². The Bertz CT molecular complexity index is 236. The maximum absolute atomic E-state index is 10.5. The lowest BCUT2D eigenvalue weighted by molar-refractivity contribution is -0.212. The monoisotopic (exact) mass is 213 g/mol. The van der Waals surface area contributed by atoms with E-state index in [1.54, 1.807) is 0 Å². The van der Waals surface area contributed by atoms with E-state index in [-0.39, 0.29) is 5.79 Å². The van der Waals surface area contributed by atoms with Crippen molar-refractivity contribution in [1.82, 2.24) is 5.32 Å². The highest BCUT2D eigenvalue weighted by Crippen LogP contribution is 2.43. The average Bonchev–Trinajstić information content (AvgIpc) is 2.57. The smallest absolute Gasteiger partial charge is 0.168 e. The van der Waals surface area contributed by atoms with Crippen molar-refractivity contribution in [3.63, 3.8) is 0 Å². The van der Waals surface area contributed by atoms with Gasteiger partial charge in [-0.3, -0.25) is 0 Å². The van der Waals surface area contributed by atoms with Crippen LogP contribution in [-0.2, 0) is 9.47 Å². The summed E-state index contributed by atoms with van der Waals surface area (Å²) in [5, 5.41) is 13.7.